The van der Waals surface area contributed by atoms with Crippen LogP contribution in [0.1, 0.15) is 19.5 Å². The maximum Gasteiger partial charge on any atom is 0 e. The number of benzene rings is 3. The molecule has 4 aromatic heterocycles. The summed E-state index contributed by atoms with van der Waals surface area (Å²) in [6, 6.07) is 32.0. The fourth-order valence-corrected chi connectivity index (χ4v) is 6.99. The van der Waals surface area contributed by atoms with Crippen LogP contribution in [0.25, 0.3) is 55.7 Å². The molecule has 4 nitrogen and oxygen atoms in total. The molecule has 0 atom stereocenters. The van der Waals surface area contributed by atoms with Gasteiger partial charge >= 0.3 is 104 Å². The van der Waals surface area contributed by atoms with Crippen LogP contribution in [0.2, 0.25) is 17.3 Å². The first-order valence-electron chi connectivity index (χ1n) is 17.0. The molecule has 7 heteroatoms. The number of halogens is 1. The fourth-order valence-electron chi connectivity index (χ4n) is 4.81. The minimum absolute atomic E-state index is 0. The van der Waals surface area contributed by atoms with Crippen molar-refractivity contribution in [2.45, 2.75) is 31.0 Å². The van der Waals surface area contributed by atoms with Crippen molar-refractivity contribution in [1.29, 1.82) is 0 Å². The predicted molar refractivity (Wildman–Crippen MR) is 180 cm³/mol. The molecule has 0 aliphatic heterocycles. The van der Waals surface area contributed by atoms with Crippen LogP contribution in [-0.2, 0) is 20.1 Å². The van der Waals surface area contributed by atoms with Gasteiger partial charge in [-0.2, -0.15) is 0 Å². The number of nitrogens with zero attached hydrogens (tertiary/aromatic N) is 3. The van der Waals surface area contributed by atoms with Crippen molar-refractivity contribution in [2.75, 3.05) is 0 Å². The number of aryl methyl sites for hydroxylation is 2. The third-order valence-electron chi connectivity index (χ3n) is 7.22. The van der Waals surface area contributed by atoms with Crippen LogP contribution in [0, 0.1) is 31.7 Å². The van der Waals surface area contributed by atoms with Gasteiger partial charge in [0.05, 0.1) is 5.58 Å². The molecular formula is C38H32FGeIrN3O-2. The molecule has 0 unspecified atom stereocenters. The second-order valence-corrected chi connectivity index (χ2v) is 22.0. The van der Waals surface area contributed by atoms with Crippen LogP contribution in [-0.4, -0.2) is 28.2 Å². The summed E-state index contributed by atoms with van der Waals surface area (Å²) in [7, 11) is 0. The normalized spacial score (nSPS) is 13.7. The van der Waals surface area contributed by atoms with Crippen molar-refractivity contribution < 1.29 is 37.1 Å². The average molecular weight is 837 g/mol. The van der Waals surface area contributed by atoms with Crippen molar-refractivity contribution in [3.05, 3.63) is 133 Å². The van der Waals surface area contributed by atoms with Crippen LogP contribution in [0.4, 0.5) is 4.39 Å². The number of pyridine rings is 3. The molecule has 227 valence electrons. The van der Waals surface area contributed by atoms with E-state index in [1.54, 1.807) is 30.5 Å². The molecule has 3 aromatic carbocycles. The molecule has 0 saturated carbocycles. The van der Waals surface area contributed by atoms with Gasteiger partial charge in [-0.25, -0.2) is 4.98 Å². The first-order chi connectivity index (χ1) is 23.6. The molecule has 0 N–H and O–H groups in total. The zero-order valence-corrected chi connectivity index (χ0v) is 29.3. The maximum absolute atomic E-state index is 12.8. The second kappa shape index (κ2) is 13.6. The van der Waals surface area contributed by atoms with Crippen molar-refractivity contribution >= 4 is 39.7 Å². The molecule has 45 heavy (non-hydrogen) atoms. The molecule has 4 heterocycles. The molecular weight excluding hydrogens is 798 g/mol. The third kappa shape index (κ3) is 7.14. The van der Waals surface area contributed by atoms with E-state index in [2.05, 4.69) is 50.4 Å². The summed E-state index contributed by atoms with van der Waals surface area (Å²) in [6.07, 6.45) is 3.50. The van der Waals surface area contributed by atoms with Gasteiger partial charge < -0.3 is 9.40 Å². The van der Waals surface area contributed by atoms with E-state index in [1.807, 2.05) is 42.6 Å². The predicted octanol–water partition coefficient (Wildman–Crippen LogP) is 9.36. The summed E-state index contributed by atoms with van der Waals surface area (Å²) in [5.41, 5.74) is 4.55. The minimum atomic E-state index is -2.36. The van der Waals surface area contributed by atoms with Gasteiger partial charge in [0, 0.05) is 51.2 Å². The van der Waals surface area contributed by atoms with Crippen LogP contribution >= 0.6 is 0 Å². The van der Waals surface area contributed by atoms with Gasteiger partial charge in [-0.1, -0.05) is 47.3 Å². The first-order valence-corrected chi connectivity index (χ1v) is 21.4. The van der Waals surface area contributed by atoms with E-state index in [0.29, 0.717) is 33.2 Å². The third-order valence-corrected chi connectivity index (χ3v) is 11.5. The van der Waals surface area contributed by atoms with Gasteiger partial charge in [-0.3, -0.25) is 0 Å². The zero-order chi connectivity index (χ0) is 35.8. The Labute approximate surface area is 287 Å². The molecule has 0 aliphatic rings. The van der Waals surface area contributed by atoms with Crippen LogP contribution in [0.15, 0.2) is 108 Å². The molecule has 1 radical (unpaired) electrons. The van der Waals surface area contributed by atoms with Crippen LogP contribution in [0.3, 0.4) is 0 Å². The molecule has 0 spiro atoms. The summed E-state index contributed by atoms with van der Waals surface area (Å²) in [4.78, 5) is 13.1. The smallest absolute Gasteiger partial charge is 0 e. The van der Waals surface area contributed by atoms with Gasteiger partial charge in [0.1, 0.15) is 0 Å². The van der Waals surface area contributed by atoms with E-state index >= 15 is 0 Å². The molecule has 0 saturated heterocycles. The van der Waals surface area contributed by atoms with E-state index in [4.69, 9.17) is 12.6 Å². The van der Waals surface area contributed by atoms with Gasteiger partial charge in [0.2, 0.25) is 5.71 Å². The molecule has 0 amide bonds. The number of aromatic nitrogens is 3. The zero-order valence-electron chi connectivity index (χ0n) is 30.8. The average Bonchev–Trinajstić information content (AvgIpc) is 3.46. The molecule has 0 fully saturated rings. The number of hydrogen-bond acceptors (Lipinski definition) is 4. The molecule has 0 aliphatic carbocycles. The number of hydrogen-bond donors (Lipinski definition) is 0. The minimum Gasteiger partial charge on any atom is 0 e. The Hall–Kier alpha value is -3.97. The number of furan rings is 1. The number of rotatable bonds is 4. The summed E-state index contributed by atoms with van der Waals surface area (Å²) in [5.74, 6) is 6.73. The molecule has 0 bridgehead atoms. The van der Waals surface area contributed by atoms with Crippen molar-refractivity contribution in [3.8, 4) is 33.6 Å². The topological polar surface area (TPSA) is 51.8 Å². The summed E-state index contributed by atoms with van der Waals surface area (Å²) in [5, 5.41) is 1.37. The van der Waals surface area contributed by atoms with E-state index in [1.165, 1.54) is 28.7 Å². The summed E-state index contributed by atoms with van der Waals surface area (Å²) in [6.45, 7) is -4.72. The monoisotopic (exact) mass is 838 g/mol. The SMILES string of the molecule is [2H]C([2H])([2H])c1ccc2c(n1)oc1c(-c3cc(C([2H])([2H])[2H])c(-c4ccccc4)cn3)[c-]ccc12.[CH3][Ge]([CH3])([CH3])[c]1ccc(-c2[c-]cc(F)cc2)nc1.[Ir]. The van der Waals surface area contributed by atoms with Crippen LogP contribution in [0.5, 0.6) is 0 Å². The van der Waals surface area contributed by atoms with Gasteiger partial charge in [0.25, 0.3) is 0 Å². The maximum atomic E-state index is 12.8. The largest absolute Gasteiger partial charge is 0 e. The Morgan fingerprint density at radius 2 is 1.64 bits per heavy atom. The molecule has 7 rings (SSSR count). The standard InChI is InChI=1S/C24H17N2O.C14H15FGeN.Ir/c1-15-13-22(25-14-21(15)17-7-4-3-5-8-17)20-10-6-9-18-19-12-11-16(2)26-24(19)27-23(18)20;1-16(2,3)13-8-9-14(17-10-13)11-4-6-12(15)7-5-11;/h3-9,11-14H,1-2H3;4,6-10H,1-3H3;/q2*-1;/i1D3,2D3;;. The van der Waals surface area contributed by atoms with E-state index < -0.39 is 27.0 Å². The Bertz CT molecular complexity index is 2290. The Morgan fingerprint density at radius 1 is 0.822 bits per heavy atom. The Kier molecular flexibility index (Phi) is 7.62. The molecule has 7 aromatic rings. The van der Waals surface area contributed by atoms with Gasteiger partial charge in [-0.15, -0.1) is 18.2 Å². The van der Waals surface area contributed by atoms with Crippen molar-refractivity contribution in [1.82, 2.24) is 15.0 Å². The van der Waals surface area contributed by atoms with E-state index in [0.717, 1.165) is 16.8 Å². The van der Waals surface area contributed by atoms with E-state index in [9.17, 15) is 4.39 Å². The Morgan fingerprint density at radius 3 is 2.33 bits per heavy atom. The van der Waals surface area contributed by atoms with Gasteiger partial charge in [-0.05, 0) is 42.7 Å². The summed E-state index contributed by atoms with van der Waals surface area (Å²) >= 11 is -1.79. The van der Waals surface area contributed by atoms with Crippen molar-refractivity contribution in [2.24, 2.45) is 0 Å². The summed E-state index contributed by atoms with van der Waals surface area (Å²) < 4.78 is 67.1. The Balaban J connectivity index is 0.000000237. The van der Waals surface area contributed by atoms with E-state index in [-0.39, 0.29) is 42.9 Å². The quantitative estimate of drug-likeness (QED) is 0.131. The van der Waals surface area contributed by atoms with Gasteiger partial charge in [0.15, 0.2) is 0 Å². The fraction of sp³-hybridized carbons (Fsp3) is 0.132. The first kappa shape index (κ1) is 25.2. The second-order valence-electron chi connectivity index (χ2n) is 11.3. The van der Waals surface area contributed by atoms with Crippen molar-refractivity contribution in [3.63, 3.8) is 0 Å². The number of fused-ring (bicyclic) bond motifs is 3. The van der Waals surface area contributed by atoms with Crippen LogP contribution < -0.4 is 4.40 Å².